The number of halogens is 3. The first-order valence-corrected chi connectivity index (χ1v) is 4.80. The molecule has 16 heavy (non-hydrogen) atoms. The van der Waals surface area contributed by atoms with Crippen molar-refractivity contribution in [2.75, 3.05) is 0 Å². The fourth-order valence-electron chi connectivity index (χ4n) is 1.25. The molecular weight excluding hydrogens is 221 g/mol. The molecule has 0 saturated heterocycles. The molecule has 0 spiro atoms. The maximum Gasteiger partial charge on any atom is 0.573 e. The maximum atomic E-state index is 12.0. The number of hydrogen-bond acceptors (Lipinski definition) is 2. The molecule has 0 bridgehead atoms. The van der Waals surface area contributed by atoms with Gasteiger partial charge in [-0.25, -0.2) is 0 Å². The van der Waals surface area contributed by atoms with Gasteiger partial charge in [-0.1, -0.05) is 0 Å². The van der Waals surface area contributed by atoms with E-state index in [1.807, 2.05) is 0 Å². The number of benzene rings is 1. The molecule has 0 radical (unpaired) electrons. The summed E-state index contributed by atoms with van der Waals surface area (Å²) in [5, 5.41) is 0. The van der Waals surface area contributed by atoms with Gasteiger partial charge in [-0.3, -0.25) is 0 Å². The van der Waals surface area contributed by atoms with Gasteiger partial charge in [-0.15, -0.1) is 13.2 Å². The van der Waals surface area contributed by atoms with Crippen LogP contribution in [0.1, 0.15) is 19.4 Å². The zero-order chi connectivity index (χ0) is 12.3. The first-order valence-electron chi connectivity index (χ1n) is 4.80. The Morgan fingerprint density at radius 3 is 2.12 bits per heavy atom. The highest BCUT2D eigenvalue weighted by Crippen LogP contribution is 2.28. The van der Waals surface area contributed by atoms with Crippen molar-refractivity contribution in [2.24, 2.45) is 0 Å². The van der Waals surface area contributed by atoms with Crippen LogP contribution < -0.4 is 9.47 Å². The molecule has 0 amide bonds. The van der Waals surface area contributed by atoms with E-state index < -0.39 is 6.36 Å². The van der Waals surface area contributed by atoms with Gasteiger partial charge in [0, 0.05) is 6.07 Å². The average Bonchev–Trinajstić information content (AvgIpc) is 1.96. The predicted molar refractivity (Wildman–Crippen MR) is 53.6 cm³/mol. The van der Waals surface area contributed by atoms with Crippen molar-refractivity contribution < 1.29 is 22.6 Å². The van der Waals surface area contributed by atoms with Crippen LogP contribution in [0.25, 0.3) is 0 Å². The lowest BCUT2D eigenvalue weighted by molar-refractivity contribution is -0.274. The molecule has 1 aromatic rings. The van der Waals surface area contributed by atoms with Crippen molar-refractivity contribution in [1.82, 2.24) is 0 Å². The van der Waals surface area contributed by atoms with Gasteiger partial charge in [-0.05, 0) is 38.5 Å². The molecule has 0 fully saturated rings. The Labute approximate surface area is 92.0 Å². The predicted octanol–water partition coefficient (Wildman–Crippen LogP) is 3.68. The summed E-state index contributed by atoms with van der Waals surface area (Å²) in [6.45, 7) is 5.27. The van der Waals surface area contributed by atoms with Gasteiger partial charge in [0.15, 0.2) is 0 Å². The summed E-state index contributed by atoms with van der Waals surface area (Å²) >= 11 is 0. The zero-order valence-electron chi connectivity index (χ0n) is 9.26. The van der Waals surface area contributed by atoms with E-state index in [0.717, 1.165) is 0 Å². The van der Waals surface area contributed by atoms with Crippen LogP contribution >= 0.6 is 0 Å². The van der Waals surface area contributed by atoms with Crippen LogP contribution in [0.4, 0.5) is 13.2 Å². The molecule has 0 unspecified atom stereocenters. The van der Waals surface area contributed by atoms with Gasteiger partial charge in [-0.2, -0.15) is 0 Å². The number of hydrogen-bond donors (Lipinski definition) is 0. The highest BCUT2D eigenvalue weighted by Gasteiger charge is 2.31. The minimum absolute atomic E-state index is 0.0967. The fraction of sp³-hybridized carbons (Fsp3) is 0.455. The molecule has 5 heteroatoms. The van der Waals surface area contributed by atoms with Crippen LogP contribution in [0.5, 0.6) is 11.5 Å². The van der Waals surface area contributed by atoms with Gasteiger partial charge in [0.05, 0.1) is 6.10 Å². The molecule has 0 aliphatic carbocycles. The van der Waals surface area contributed by atoms with Crippen LogP contribution in [0.3, 0.4) is 0 Å². The molecule has 1 aromatic carbocycles. The lowest BCUT2D eigenvalue weighted by Gasteiger charge is -2.13. The second kappa shape index (κ2) is 4.63. The zero-order valence-corrected chi connectivity index (χ0v) is 9.26. The van der Waals surface area contributed by atoms with Gasteiger partial charge >= 0.3 is 6.36 Å². The highest BCUT2D eigenvalue weighted by atomic mass is 19.4. The van der Waals surface area contributed by atoms with Gasteiger partial charge in [0.1, 0.15) is 11.5 Å². The Kier molecular flexibility index (Phi) is 3.67. The second-order valence-corrected chi connectivity index (χ2v) is 3.70. The molecule has 0 heterocycles. The smallest absolute Gasteiger partial charge is 0.491 e. The summed E-state index contributed by atoms with van der Waals surface area (Å²) < 4.78 is 45.1. The van der Waals surface area contributed by atoms with Crippen LogP contribution in [-0.4, -0.2) is 12.5 Å². The van der Waals surface area contributed by atoms with E-state index in [0.29, 0.717) is 11.3 Å². The lowest BCUT2D eigenvalue weighted by atomic mass is 10.2. The highest BCUT2D eigenvalue weighted by molar-refractivity contribution is 5.38. The largest absolute Gasteiger partial charge is 0.573 e. The standard InChI is InChI=1S/C11H13F3O2/c1-7(2)15-9-4-8(3)5-10(6-9)16-11(12,13)14/h4-7H,1-3H3. The third-order valence-corrected chi connectivity index (χ3v) is 1.63. The molecule has 0 aromatic heterocycles. The van der Waals surface area contributed by atoms with Crippen molar-refractivity contribution in [3.8, 4) is 11.5 Å². The maximum absolute atomic E-state index is 12.0. The molecule has 1 rings (SSSR count). The van der Waals surface area contributed by atoms with Crippen LogP contribution in [0.2, 0.25) is 0 Å². The molecule has 0 N–H and O–H groups in total. The molecule has 0 aliphatic heterocycles. The molecular formula is C11H13F3O2. The van der Waals surface area contributed by atoms with Crippen molar-refractivity contribution in [1.29, 1.82) is 0 Å². The van der Waals surface area contributed by atoms with Crippen molar-refractivity contribution >= 4 is 0 Å². The summed E-state index contributed by atoms with van der Waals surface area (Å²) in [4.78, 5) is 0. The molecule has 2 nitrogen and oxygen atoms in total. The van der Waals surface area contributed by atoms with Crippen LogP contribution in [0, 0.1) is 6.92 Å². The summed E-state index contributed by atoms with van der Waals surface area (Å²) in [6, 6.07) is 4.18. The summed E-state index contributed by atoms with van der Waals surface area (Å²) in [5.41, 5.74) is 0.650. The van der Waals surface area contributed by atoms with Crippen molar-refractivity contribution in [3.05, 3.63) is 23.8 Å². The van der Waals surface area contributed by atoms with Crippen molar-refractivity contribution in [2.45, 2.75) is 33.2 Å². The summed E-state index contributed by atoms with van der Waals surface area (Å²) in [7, 11) is 0. The Bertz CT molecular complexity index is 359. The molecule has 90 valence electrons. The minimum Gasteiger partial charge on any atom is -0.491 e. The van der Waals surface area contributed by atoms with Gasteiger partial charge < -0.3 is 9.47 Å². The third-order valence-electron chi connectivity index (χ3n) is 1.63. The second-order valence-electron chi connectivity index (χ2n) is 3.70. The number of rotatable bonds is 3. The Balaban J connectivity index is 2.90. The van der Waals surface area contributed by atoms with E-state index in [1.165, 1.54) is 12.1 Å². The first kappa shape index (κ1) is 12.7. The normalized spacial score (nSPS) is 11.7. The minimum atomic E-state index is -4.68. The summed E-state index contributed by atoms with van der Waals surface area (Å²) in [5.74, 6) is 0.109. The van der Waals surface area contributed by atoms with E-state index in [-0.39, 0.29) is 11.9 Å². The SMILES string of the molecule is Cc1cc(OC(C)C)cc(OC(F)(F)F)c1. The number of aryl methyl sites for hydroxylation is 1. The number of alkyl halides is 3. The molecule has 0 aliphatic rings. The van der Waals surface area contributed by atoms with Gasteiger partial charge in [0.25, 0.3) is 0 Å². The van der Waals surface area contributed by atoms with E-state index in [4.69, 9.17) is 4.74 Å². The first-order chi connectivity index (χ1) is 7.26. The van der Waals surface area contributed by atoms with Gasteiger partial charge in [0.2, 0.25) is 0 Å². The summed E-state index contributed by atoms with van der Waals surface area (Å²) in [6.07, 6.45) is -4.77. The topological polar surface area (TPSA) is 18.5 Å². The van der Waals surface area contributed by atoms with E-state index in [9.17, 15) is 13.2 Å². The third kappa shape index (κ3) is 4.42. The Morgan fingerprint density at radius 2 is 1.62 bits per heavy atom. The fourth-order valence-corrected chi connectivity index (χ4v) is 1.25. The average molecular weight is 234 g/mol. The Hall–Kier alpha value is -1.39. The van der Waals surface area contributed by atoms with E-state index >= 15 is 0 Å². The lowest BCUT2D eigenvalue weighted by Crippen LogP contribution is -2.17. The number of ether oxygens (including phenoxy) is 2. The van der Waals surface area contributed by atoms with E-state index in [1.54, 1.807) is 26.8 Å². The van der Waals surface area contributed by atoms with E-state index in [2.05, 4.69) is 4.74 Å². The van der Waals surface area contributed by atoms with Crippen LogP contribution in [-0.2, 0) is 0 Å². The molecule has 0 atom stereocenters. The van der Waals surface area contributed by atoms with Crippen LogP contribution in [0.15, 0.2) is 18.2 Å². The van der Waals surface area contributed by atoms with Crippen molar-refractivity contribution in [3.63, 3.8) is 0 Å². The quantitative estimate of drug-likeness (QED) is 0.794. The molecule has 0 saturated carbocycles. The monoisotopic (exact) mass is 234 g/mol. The Morgan fingerprint density at radius 1 is 1.06 bits per heavy atom.